The SMILES string of the molecule is Cc1cc(Cl)ccc1C(=O)c1cnc2ccccc2c1. The van der Waals surface area contributed by atoms with Crippen molar-refractivity contribution >= 4 is 28.3 Å². The Morgan fingerprint density at radius 2 is 1.90 bits per heavy atom. The van der Waals surface area contributed by atoms with E-state index in [2.05, 4.69) is 4.98 Å². The first-order valence-electron chi connectivity index (χ1n) is 6.31. The topological polar surface area (TPSA) is 30.0 Å². The molecule has 3 rings (SSSR count). The summed E-state index contributed by atoms with van der Waals surface area (Å²) in [6.07, 6.45) is 1.62. The van der Waals surface area contributed by atoms with Gasteiger partial charge in [0.2, 0.25) is 0 Å². The van der Waals surface area contributed by atoms with Crippen molar-refractivity contribution in [3.05, 3.63) is 76.4 Å². The summed E-state index contributed by atoms with van der Waals surface area (Å²) >= 11 is 5.92. The number of hydrogen-bond donors (Lipinski definition) is 0. The minimum Gasteiger partial charge on any atom is -0.289 e. The third kappa shape index (κ3) is 2.30. The van der Waals surface area contributed by atoms with Crippen LogP contribution in [0.5, 0.6) is 0 Å². The molecule has 98 valence electrons. The van der Waals surface area contributed by atoms with Gasteiger partial charge in [0.25, 0.3) is 0 Å². The van der Waals surface area contributed by atoms with Crippen molar-refractivity contribution in [3.8, 4) is 0 Å². The number of rotatable bonds is 2. The number of carbonyl (C=O) groups is 1. The zero-order valence-corrected chi connectivity index (χ0v) is 11.7. The molecule has 1 aromatic heterocycles. The Kier molecular flexibility index (Phi) is 3.25. The van der Waals surface area contributed by atoms with Gasteiger partial charge in [0.15, 0.2) is 5.78 Å². The Labute approximate surface area is 122 Å². The predicted molar refractivity (Wildman–Crippen MR) is 81.4 cm³/mol. The van der Waals surface area contributed by atoms with Gasteiger partial charge in [-0.2, -0.15) is 0 Å². The fraction of sp³-hybridized carbons (Fsp3) is 0.0588. The number of para-hydroxylation sites is 1. The molecule has 0 aliphatic carbocycles. The molecule has 0 aliphatic heterocycles. The lowest BCUT2D eigenvalue weighted by atomic mass is 9.99. The molecule has 0 fully saturated rings. The number of benzene rings is 2. The molecule has 2 aromatic carbocycles. The van der Waals surface area contributed by atoms with E-state index in [0.29, 0.717) is 16.1 Å². The van der Waals surface area contributed by atoms with Crippen molar-refractivity contribution in [2.24, 2.45) is 0 Å². The molecule has 0 aliphatic rings. The number of carbonyl (C=O) groups excluding carboxylic acids is 1. The molecular weight excluding hydrogens is 270 g/mol. The number of aromatic nitrogens is 1. The van der Waals surface area contributed by atoms with Gasteiger partial charge in [-0.25, -0.2) is 0 Å². The number of halogens is 1. The molecule has 2 nitrogen and oxygen atoms in total. The highest BCUT2D eigenvalue weighted by atomic mass is 35.5. The molecule has 3 heteroatoms. The molecule has 0 amide bonds. The average molecular weight is 282 g/mol. The monoisotopic (exact) mass is 281 g/mol. The standard InChI is InChI=1S/C17H12ClNO/c1-11-8-14(18)6-7-15(11)17(20)13-9-12-4-2-3-5-16(12)19-10-13/h2-10H,1H3. The van der Waals surface area contributed by atoms with Crippen LogP contribution in [0.1, 0.15) is 21.5 Å². The first-order valence-corrected chi connectivity index (χ1v) is 6.68. The second kappa shape index (κ2) is 5.06. The summed E-state index contributed by atoms with van der Waals surface area (Å²) in [5.74, 6) is -0.0302. The van der Waals surface area contributed by atoms with Crippen LogP contribution in [0.3, 0.4) is 0 Å². The third-order valence-electron chi connectivity index (χ3n) is 3.29. The van der Waals surface area contributed by atoms with Crippen molar-refractivity contribution < 1.29 is 4.79 Å². The van der Waals surface area contributed by atoms with Crippen LogP contribution < -0.4 is 0 Å². The van der Waals surface area contributed by atoms with Gasteiger partial charge in [0, 0.05) is 27.7 Å². The van der Waals surface area contributed by atoms with Crippen LogP contribution in [-0.2, 0) is 0 Å². The smallest absolute Gasteiger partial charge is 0.194 e. The van der Waals surface area contributed by atoms with E-state index in [9.17, 15) is 4.79 Å². The van der Waals surface area contributed by atoms with Gasteiger partial charge >= 0.3 is 0 Å². The molecule has 0 bridgehead atoms. The maximum atomic E-state index is 12.5. The van der Waals surface area contributed by atoms with Gasteiger partial charge in [-0.15, -0.1) is 0 Å². The Bertz CT molecular complexity index is 811. The van der Waals surface area contributed by atoms with Gasteiger partial charge in [-0.3, -0.25) is 9.78 Å². The molecule has 0 N–H and O–H groups in total. The Balaban J connectivity index is 2.08. The van der Waals surface area contributed by atoms with Crippen LogP contribution in [0.4, 0.5) is 0 Å². The minimum absolute atomic E-state index is 0.0302. The van der Waals surface area contributed by atoms with Gasteiger partial charge in [0.1, 0.15) is 0 Å². The number of fused-ring (bicyclic) bond motifs is 1. The summed E-state index contributed by atoms with van der Waals surface area (Å²) in [6, 6.07) is 14.9. The van der Waals surface area contributed by atoms with Crippen LogP contribution >= 0.6 is 11.6 Å². The minimum atomic E-state index is -0.0302. The van der Waals surface area contributed by atoms with Gasteiger partial charge in [0.05, 0.1) is 5.52 Å². The lowest BCUT2D eigenvalue weighted by Gasteiger charge is -2.06. The van der Waals surface area contributed by atoms with Crippen LogP contribution in [0.15, 0.2) is 54.7 Å². The van der Waals surface area contributed by atoms with Crippen molar-refractivity contribution in [2.45, 2.75) is 6.92 Å². The zero-order valence-electron chi connectivity index (χ0n) is 10.9. The summed E-state index contributed by atoms with van der Waals surface area (Å²) < 4.78 is 0. The number of hydrogen-bond acceptors (Lipinski definition) is 2. The van der Waals surface area contributed by atoms with E-state index in [0.717, 1.165) is 16.5 Å². The third-order valence-corrected chi connectivity index (χ3v) is 3.52. The first-order chi connectivity index (χ1) is 9.65. The molecule has 3 aromatic rings. The van der Waals surface area contributed by atoms with Crippen molar-refractivity contribution in [3.63, 3.8) is 0 Å². The molecule has 0 atom stereocenters. The Morgan fingerprint density at radius 1 is 1.10 bits per heavy atom. The fourth-order valence-electron chi connectivity index (χ4n) is 2.23. The lowest BCUT2D eigenvalue weighted by Crippen LogP contribution is -2.04. The summed E-state index contributed by atoms with van der Waals surface area (Å²) in [7, 11) is 0. The number of nitrogens with zero attached hydrogens (tertiary/aromatic N) is 1. The quantitative estimate of drug-likeness (QED) is 0.651. The Morgan fingerprint density at radius 3 is 2.70 bits per heavy atom. The van der Waals surface area contributed by atoms with Crippen molar-refractivity contribution in [2.75, 3.05) is 0 Å². The molecule has 0 saturated carbocycles. The lowest BCUT2D eigenvalue weighted by molar-refractivity contribution is 0.103. The highest BCUT2D eigenvalue weighted by Crippen LogP contribution is 2.20. The summed E-state index contributed by atoms with van der Waals surface area (Å²) in [4.78, 5) is 16.9. The summed E-state index contributed by atoms with van der Waals surface area (Å²) in [6.45, 7) is 1.88. The molecule has 0 unspecified atom stereocenters. The second-order valence-electron chi connectivity index (χ2n) is 4.71. The largest absolute Gasteiger partial charge is 0.289 e. The Hall–Kier alpha value is -2.19. The maximum absolute atomic E-state index is 12.5. The van der Waals surface area contributed by atoms with E-state index in [-0.39, 0.29) is 5.78 Å². The van der Waals surface area contributed by atoms with E-state index in [1.165, 1.54) is 0 Å². The fourth-order valence-corrected chi connectivity index (χ4v) is 2.46. The van der Waals surface area contributed by atoms with Crippen molar-refractivity contribution in [1.29, 1.82) is 0 Å². The van der Waals surface area contributed by atoms with E-state index in [4.69, 9.17) is 11.6 Å². The van der Waals surface area contributed by atoms with Crippen molar-refractivity contribution in [1.82, 2.24) is 4.98 Å². The molecule has 20 heavy (non-hydrogen) atoms. The maximum Gasteiger partial charge on any atom is 0.194 e. The zero-order chi connectivity index (χ0) is 14.1. The van der Waals surface area contributed by atoms with Gasteiger partial charge in [-0.1, -0.05) is 29.8 Å². The van der Waals surface area contributed by atoms with Crippen LogP contribution in [0, 0.1) is 6.92 Å². The molecule has 0 spiro atoms. The van der Waals surface area contributed by atoms with E-state index in [1.807, 2.05) is 37.3 Å². The molecule has 0 saturated heterocycles. The predicted octanol–water partition coefficient (Wildman–Crippen LogP) is 4.43. The normalized spacial score (nSPS) is 10.7. The number of ketones is 1. The average Bonchev–Trinajstić information content (AvgIpc) is 2.46. The number of pyridine rings is 1. The van der Waals surface area contributed by atoms with E-state index >= 15 is 0 Å². The first kappa shape index (κ1) is 12.8. The van der Waals surface area contributed by atoms with Crippen LogP contribution in [0.25, 0.3) is 10.9 Å². The van der Waals surface area contributed by atoms with Crippen LogP contribution in [-0.4, -0.2) is 10.8 Å². The van der Waals surface area contributed by atoms with Gasteiger partial charge < -0.3 is 0 Å². The highest BCUT2D eigenvalue weighted by molar-refractivity contribution is 6.30. The van der Waals surface area contributed by atoms with E-state index < -0.39 is 0 Å². The molecular formula is C17H12ClNO. The highest BCUT2D eigenvalue weighted by Gasteiger charge is 2.12. The van der Waals surface area contributed by atoms with Crippen LogP contribution in [0.2, 0.25) is 5.02 Å². The molecule has 1 heterocycles. The van der Waals surface area contributed by atoms with Gasteiger partial charge in [-0.05, 0) is 42.8 Å². The second-order valence-corrected chi connectivity index (χ2v) is 5.14. The molecule has 0 radical (unpaired) electrons. The summed E-state index contributed by atoms with van der Waals surface area (Å²) in [5.41, 5.74) is 3.01. The number of aryl methyl sites for hydroxylation is 1. The van der Waals surface area contributed by atoms with E-state index in [1.54, 1.807) is 24.4 Å². The summed E-state index contributed by atoms with van der Waals surface area (Å²) in [5, 5.41) is 1.60.